The highest BCUT2D eigenvalue weighted by Crippen LogP contribution is 2.25. The number of carbonyl (C=O) groups excluding carboxylic acids is 1. The quantitative estimate of drug-likeness (QED) is 0.708. The van der Waals surface area contributed by atoms with Crippen molar-refractivity contribution in [2.24, 2.45) is 5.73 Å². The average Bonchev–Trinajstić information content (AvgIpc) is 2.98. The lowest BCUT2D eigenvalue weighted by Crippen LogP contribution is -2.14. The Balaban J connectivity index is 2.31. The zero-order valence-electron chi connectivity index (χ0n) is 8.54. The second-order valence-corrected chi connectivity index (χ2v) is 4.27. The van der Waals surface area contributed by atoms with Crippen LogP contribution in [0.1, 0.15) is 10.5 Å². The first-order valence-electron chi connectivity index (χ1n) is 4.78. The lowest BCUT2D eigenvalue weighted by atomic mass is 10.2. The van der Waals surface area contributed by atoms with Gasteiger partial charge in [-0.05, 0) is 6.07 Å². The Morgan fingerprint density at radius 1 is 1.47 bits per heavy atom. The molecule has 0 saturated heterocycles. The van der Waals surface area contributed by atoms with E-state index in [0.29, 0.717) is 11.2 Å². The third kappa shape index (κ3) is 1.56. The van der Waals surface area contributed by atoms with Gasteiger partial charge in [0, 0.05) is 6.20 Å². The number of rotatable bonds is 2. The highest BCUT2D eigenvalue weighted by molar-refractivity contribution is 7.13. The Morgan fingerprint density at radius 2 is 2.35 bits per heavy atom. The number of amides is 1. The predicted molar refractivity (Wildman–Crippen MR) is 63.5 cm³/mol. The maximum atomic E-state index is 11.3. The lowest BCUT2D eigenvalue weighted by molar-refractivity contribution is 0.0997. The summed E-state index contributed by atoms with van der Waals surface area (Å²) < 4.78 is 0. The fourth-order valence-electron chi connectivity index (χ4n) is 1.59. The Bertz CT molecular complexity index is 688. The van der Waals surface area contributed by atoms with Crippen LogP contribution >= 0.6 is 11.3 Å². The first kappa shape index (κ1) is 9.91. The van der Waals surface area contributed by atoms with Crippen molar-refractivity contribution in [1.29, 1.82) is 0 Å². The van der Waals surface area contributed by atoms with E-state index in [-0.39, 0.29) is 5.69 Å². The molecular formula is C10H7N5OS. The monoisotopic (exact) mass is 245 g/mol. The van der Waals surface area contributed by atoms with Gasteiger partial charge in [-0.25, -0.2) is 9.97 Å². The minimum Gasteiger partial charge on any atom is -0.364 e. The van der Waals surface area contributed by atoms with E-state index in [2.05, 4.69) is 19.9 Å². The summed E-state index contributed by atoms with van der Waals surface area (Å²) >= 11 is 1.45. The number of pyridine rings is 1. The molecule has 0 aliphatic heterocycles. The minimum atomic E-state index is -0.589. The number of H-pyrrole nitrogens is 1. The number of nitrogens with two attached hydrogens (primary N) is 1. The third-order valence-corrected chi connectivity index (χ3v) is 3.12. The molecule has 0 spiro atoms. The molecule has 0 aliphatic carbocycles. The van der Waals surface area contributed by atoms with Crippen molar-refractivity contribution in [3.05, 3.63) is 29.8 Å². The molecule has 6 nitrogen and oxygen atoms in total. The van der Waals surface area contributed by atoms with Crippen LogP contribution in [0.15, 0.2) is 24.1 Å². The fraction of sp³-hybridized carbons (Fsp3) is 0. The number of nitrogens with one attached hydrogen (secondary N) is 1. The summed E-state index contributed by atoms with van der Waals surface area (Å²) in [6.45, 7) is 0. The molecule has 0 unspecified atom stereocenters. The van der Waals surface area contributed by atoms with Crippen LogP contribution in [0, 0.1) is 0 Å². The summed E-state index contributed by atoms with van der Waals surface area (Å²) in [5, 5.41) is 0. The normalized spacial score (nSPS) is 10.8. The Labute approximate surface area is 99.5 Å². The highest BCUT2D eigenvalue weighted by Gasteiger charge is 2.14. The maximum absolute atomic E-state index is 11.3. The van der Waals surface area contributed by atoms with Crippen LogP contribution in [0.5, 0.6) is 0 Å². The van der Waals surface area contributed by atoms with E-state index in [9.17, 15) is 4.79 Å². The number of fused-ring (bicyclic) bond motifs is 1. The Hall–Kier alpha value is -2.28. The van der Waals surface area contributed by atoms with Gasteiger partial charge in [0.05, 0.1) is 27.9 Å². The van der Waals surface area contributed by atoms with E-state index in [1.54, 1.807) is 11.7 Å². The van der Waals surface area contributed by atoms with Crippen LogP contribution < -0.4 is 5.73 Å². The molecule has 3 heterocycles. The van der Waals surface area contributed by atoms with Crippen molar-refractivity contribution >= 4 is 28.3 Å². The van der Waals surface area contributed by atoms with Gasteiger partial charge in [-0.1, -0.05) is 0 Å². The molecule has 17 heavy (non-hydrogen) atoms. The number of thiazole rings is 1. The number of hydrogen-bond donors (Lipinski definition) is 2. The van der Waals surface area contributed by atoms with Gasteiger partial charge in [0.25, 0.3) is 5.91 Å². The molecule has 3 N–H and O–H groups in total. The van der Waals surface area contributed by atoms with Crippen LogP contribution in [0.3, 0.4) is 0 Å². The second kappa shape index (κ2) is 3.63. The SMILES string of the molecule is NC(=O)c1nc(-c2cncs2)cc2[nH]cnc12. The second-order valence-electron chi connectivity index (χ2n) is 3.38. The van der Waals surface area contributed by atoms with Crippen LogP contribution in [0.4, 0.5) is 0 Å². The first-order chi connectivity index (χ1) is 8.25. The zero-order valence-corrected chi connectivity index (χ0v) is 9.36. The largest absolute Gasteiger partial charge is 0.364 e. The van der Waals surface area contributed by atoms with E-state index in [1.165, 1.54) is 17.7 Å². The molecule has 3 rings (SSSR count). The number of imidazole rings is 1. The molecule has 3 aromatic heterocycles. The Kier molecular flexibility index (Phi) is 2.12. The summed E-state index contributed by atoms with van der Waals surface area (Å²) in [4.78, 5) is 27.4. The van der Waals surface area contributed by atoms with Crippen molar-refractivity contribution in [2.45, 2.75) is 0 Å². The Morgan fingerprint density at radius 3 is 3.06 bits per heavy atom. The van der Waals surface area contributed by atoms with Crippen LogP contribution in [-0.2, 0) is 0 Å². The summed E-state index contributed by atoms with van der Waals surface area (Å²) in [6, 6.07) is 1.82. The molecule has 0 atom stereocenters. The number of aromatic amines is 1. The van der Waals surface area contributed by atoms with Crippen LogP contribution in [-0.4, -0.2) is 25.8 Å². The van der Waals surface area contributed by atoms with Crippen molar-refractivity contribution in [2.75, 3.05) is 0 Å². The van der Waals surface area contributed by atoms with Gasteiger partial charge in [0.2, 0.25) is 0 Å². The van der Waals surface area contributed by atoms with Gasteiger partial charge in [-0.2, -0.15) is 0 Å². The topological polar surface area (TPSA) is 97.5 Å². The van der Waals surface area contributed by atoms with Gasteiger partial charge in [-0.3, -0.25) is 9.78 Å². The van der Waals surface area contributed by atoms with E-state index < -0.39 is 5.91 Å². The minimum absolute atomic E-state index is 0.173. The molecule has 0 radical (unpaired) electrons. The predicted octanol–water partition coefficient (Wildman–Crippen LogP) is 1.18. The number of aromatic nitrogens is 4. The van der Waals surface area contributed by atoms with E-state index >= 15 is 0 Å². The molecule has 0 aliphatic rings. The van der Waals surface area contributed by atoms with E-state index in [0.717, 1.165) is 10.4 Å². The first-order valence-corrected chi connectivity index (χ1v) is 5.66. The number of hydrogen-bond acceptors (Lipinski definition) is 5. The molecule has 0 aromatic carbocycles. The van der Waals surface area contributed by atoms with Gasteiger partial charge < -0.3 is 10.7 Å². The van der Waals surface area contributed by atoms with E-state index in [1.807, 2.05) is 6.07 Å². The van der Waals surface area contributed by atoms with Crippen molar-refractivity contribution < 1.29 is 4.79 Å². The van der Waals surface area contributed by atoms with Gasteiger partial charge in [-0.15, -0.1) is 11.3 Å². The molecule has 0 fully saturated rings. The van der Waals surface area contributed by atoms with Crippen molar-refractivity contribution in [1.82, 2.24) is 19.9 Å². The lowest BCUT2D eigenvalue weighted by Gasteiger charge is -2.00. The molecule has 7 heteroatoms. The summed E-state index contributed by atoms with van der Waals surface area (Å²) in [7, 11) is 0. The van der Waals surface area contributed by atoms with Gasteiger partial charge in [0.1, 0.15) is 5.52 Å². The summed E-state index contributed by atoms with van der Waals surface area (Å²) in [5.74, 6) is -0.589. The number of primary amides is 1. The smallest absolute Gasteiger partial charge is 0.269 e. The molecule has 1 amide bonds. The number of carbonyl (C=O) groups is 1. The maximum Gasteiger partial charge on any atom is 0.269 e. The highest BCUT2D eigenvalue weighted by atomic mass is 32.1. The summed E-state index contributed by atoms with van der Waals surface area (Å²) in [6.07, 6.45) is 3.20. The molecule has 0 saturated carbocycles. The van der Waals surface area contributed by atoms with E-state index in [4.69, 9.17) is 5.73 Å². The molecule has 84 valence electrons. The standard InChI is InChI=1S/C10H7N5OS/c11-10(16)9-8-6(13-3-14-8)1-5(15-9)7-2-12-4-17-7/h1-4H,(H2,11,16)(H,13,14). The fourth-order valence-corrected chi connectivity index (χ4v) is 2.17. The van der Waals surface area contributed by atoms with Crippen molar-refractivity contribution in [3.63, 3.8) is 0 Å². The molecule has 0 bridgehead atoms. The number of nitrogens with zero attached hydrogens (tertiary/aromatic N) is 3. The average molecular weight is 245 g/mol. The summed E-state index contributed by atoms with van der Waals surface area (Å²) in [5.41, 5.74) is 9.06. The van der Waals surface area contributed by atoms with Gasteiger partial charge >= 0.3 is 0 Å². The molecule has 3 aromatic rings. The van der Waals surface area contributed by atoms with Crippen molar-refractivity contribution in [3.8, 4) is 10.6 Å². The third-order valence-electron chi connectivity index (χ3n) is 2.32. The zero-order chi connectivity index (χ0) is 11.8. The van der Waals surface area contributed by atoms with Crippen LogP contribution in [0.2, 0.25) is 0 Å². The van der Waals surface area contributed by atoms with Gasteiger partial charge in [0.15, 0.2) is 5.69 Å². The van der Waals surface area contributed by atoms with Crippen LogP contribution in [0.25, 0.3) is 21.6 Å². The molecular weight excluding hydrogens is 238 g/mol.